The van der Waals surface area contributed by atoms with Gasteiger partial charge >= 0.3 is 12.2 Å². The second-order valence-electron chi connectivity index (χ2n) is 15.9. The van der Waals surface area contributed by atoms with Gasteiger partial charge in [-0.25, -0.2) is 19.6 Å². The molecule has 2 aliphatic rings. The van der Waals surface area contributed by atoms with Crippen molar-refractivity contribution in [2.75, 3.05) is 27.3 Å². The predicted octanol–water partition coefficient (Wildman–Crippen LogP) is 7.23. The number of amides is 4. The van der Waals surface area contributed by atoms with Crippen molar-refractivity contribution in [2.24, 2.45) is 11.8 Å². The van der Waals surface area contributed by atoms with Crippen LogP contribution in [0.15, 0.2) is 54.7 Å². The number of methoxy groups -OCH3 is 2. The maximum absolute atomic E-state index is 13.7. The van der Waals surface area contributed by atoms with Crippen LogP contribution >= 0.6 is 0 Å². The number of hydrogen-bond acceptors (Lipinski definition) is 8. The first-order valence-electron chi connectivity index (χ1n) is 20.3. The molecule has 7 rings (SSSR count). The van der Waals surface area contributed by atoms with Crippen LogP contribution in [0.1, 0.15) is 89.6 Å². The van der Waals surface area contributed by atoms with E-state index < -0.39 is 24.3 Å². The number of hydrogen-bond donors (Lipinski definition) is 4. The lowest BCUT2D eigenvalue weighted by molar-refractivity contribution is -0.136. The molecule has 3 aromatic carbocycles. The fraction of sp³-hybridized carbons (Fsp3) is 0.422. The zero-order valence-corrected chi connectivity index (χ0v) is 34.6. The number of imidazole rings is 2. The highest BCUT2D eigenvalue weighted by atomic mass is 16.5. The average Bonchev–Trinajstić information content (AvgIpc) is 4.07. The van der Waals surface area contributed by atoms with E-state index in [1.165, 1.54) is 14.2 Å². The molecule has 5 aromatic rings. The topological polar surface area (TPSA) is 175 Å². The molecule has 0 saturated carbocycles. The van der Waals surface area contributed by atoms with E-state index in [9.17, 15) is 19.2 Å². The van der Waals surface area contributed by atoms with E-state index in [-0.39, 0.29) is 35.7 Å². The van der Waals surface area contributed by atoms with Gasteiger partial charge in [-0.1, -0.05) is 63.9 Å². The molecule has 14 heteroatoms. The van der Waals surface area contributed by atoms with Gasteiger partial charge < -0.3 is 39.9 Å². The molecule has 59 heavy (non-hydrogen) atoms. The van der Waals surface area contributed by atoms with Crippen LogP contribution in [-0.4, -0.2) is 93.1 Å². The van der Waals surface area contributed by atoms with Gasteiger partial charge in [-0.15, -0.1) is 5.92 Å². The van der Waals surface area contributed by atoms with Crippen molar-refractivity contribution >= 4 is 45.8 Å². The summed E-state index contributed by atoms with van der Waals surface area (Å²) in [5.41, 5.74) is 6.30. The summed E-state index contributed by atoms with van der Waals surface area (Å²) >= 11 is 0. The van der Waals surface area contributed by atoms with Gasteiger partial charge in [-0.05, 0) is 79.2 Å². The van der Waals surface area contributed by atoms with Gasteiger partial charge in [0.2, 0.25) is 11.8 Å². The molecular formula is C45H52N8O6. The lowest BCUT2D eigenvalue weighted by Crippen LogP contribution is -2.51. The van der Waals surface area contributed by atoms with Crippen LogP contribution < -0.4 is 10.6 Å². The van der Waals surface area contributed by atoms with Gasteiger partial charge in [-0.2, -0.15) is 0 Å². The Hall–Kier alpha value is -6.36. The number of ether oxygens (including phenoxy) is 2. The van der Waals surface area contributed by atoms with E-state index in [1.54, 1.807) is 11.1 Å². The molecule has 2 aromatic heterocycles. The second-order valence-corrected chi connectivity index (χ2v) is 15.9. The van der Waals surface area contributed by atoms with Crippen LogP contribution in [-0.2, 0) is 19.1 Å². The Labute approximate surface area is 343 Å². The number of carbonyl (C=O) groups excluding carboxylic acids is 4. The molecule has 308 valence electrons. The van der Waals surface area contributed by atoms with Gasteiger partial charge in [0.1, 0.15) is 23.7 Å². The fourth-order valence-corrected chi connectivity index (χ4v) is 8.39. The van der Waals surface area contributed by atoms with Crippen LogP contribution in [0.3, 0.4) is 0 Å². The summed E-state index contributed by atoms with van der Waals surface area (Å²) in [6.45, 7) is 10.6. The summed E-state index contributed by atoms with van der Waals surface area (Å²) < 4.78 is 9.57. The maximum Gasteiger partial charge on any atom is 0.407 e. The minimum absolute atomic E-state index is 0.121. The highest BCUT2D eigenvalue weighted by Gasteiger charge is 2.39. The molecule has 4 amide bonds. The number of H-pyrrole nitrogens is 2. The van der Waals surface area contributed by atoms with E-state index >= 15 is 0 Å². The Bertz CT molecular complexity index is 2460. The third-order valence-electron chi connectivity index (χ3n) is 11.5. The number of alkyl carbamates (subject to hydrolysis) is 2. The quantitative estimate of drug-likeness (QED) is 0.107. The molecule has 0 spiro atoms. The smallest absolute Gasteiger partial charge is 0.407 e. The molecule has 0 radical (unpaired) electrons. The van der Waals surface area contributed by atoms with E-state index in [1.807, 2.05) is 51.7 Å². The molecule has 2 fully saturated rings. The molecule has 2 saturated heterocycles. The van der Waals surface area contributed by atoms with Crippen molar-refractivity contribution in [1.82, 2.24) is 40.4 Å². The number of rotatable bonds is 10. The second kappa shape index (κ2) is 17.2. The van der Waals surface area contributed by atoms with E-state index in [4.69, 9.17) is 19.4 Å². The molecular weight excluding hydrogens is 749 g/mol. The summed E-state index contributed by atoms with van der Waals surface area (Å²) in [5.74, 6) is 7.26. The zero-order valence-electron chi connectivity index (χ0n) is 34.6. The van der Waals surface area contributed by atoms with Crippen molar-refractivity contribution in [3.05, 3.63) is 71.9 Å². The number of likely N-dealkylation sites (tertiary alicyclic amines) is 2. The van der Waals surface area contributed by atoms with Crippen molar-refractivity contribution in [3.63, 3.8) is 0 Å². The van der Waals surface area contributed by atoms with Crippen LogP contribution in [0.2, 0.25) is 0 Å². The summed E-state index contributed by atoms with van der Waals surface area (Å²) in [6, 6.07) is 14.7. The molecule has 0 aliphatic carbocycles. The number of aromatic nitrogens is 4. The molecule has 4 atom stereocenters. The number of nitrogens with one attached hydrogen (secondary N) is 4. The first-order chi connectivity index (χ1) is 28.4. The van der Waals surface area contributed by atoms with Crippen LogP contribution in [0.25, 0.3) is 44.2 Å². The number of benzene rings is 3. The minimum Gasteiger partial charge on any atom is -0.453 e. The Morgan fingerprint density at radius 1 is 0.780 bits per heavy atom. The normalized spacial score (nSPS) is 17.6. The SMILES string of the molecule is CC#Cc1cc(-c2cnc([C@@H]3CCCN3C(=O)C(NC(=O)OC)C(C)C)[nH]2)ccc1-c1ccc2c(ccc3[nH]c([C@@H]4CCCN4C(=O)[C@@H](NC(=O)OC)C(C)C)nc32)c1. The lowest BCUT2D eigenvalue weighted by Gasteiger charge is -2.30. The monoisotopic (exact) mass is 800 g/mol. The van der Waals surface area contributed by atoms with Gasteiger partial charge in [0.15, 0.2) is 0 Å². The number of nitrogens with zero attached hydrogens (tertiary/aromatic N) is 4. The van der Waals surface area contributed by atoms with Crippen LogP contribution in [0.5, 0.6) is 0 Å². The van der Waals surface area contributed by atoms with Crippen molar-refractivity contribution in [2.45, 2.75) is 84.5 Å². The lowest BCUT2D eigenvalue weighted by atomic mass is 9.95. The van der Waals surface area contributed by atoms with Crippen LogP contribution in [0.4, 0.5) is 9.59 Å². The summed E-state index contributed by atoms with van der Waals surface area (Å²) in [7, 11) is 2.58. The zero-order chi connectivity index (χ0) is 42.0. The Morgan fingerprint density at radius 3 is 1.98 bits per heavy atom. The highest BCUT2D eigenvalue weighted by Crippen LogP contribution is 2.37. The maximum atomic E-state index is 13.7. The van der Waals surface area contributed by atoms with E-state index in [0.717, 1.165) is 81.3 Å². The third kappa shape index (κ3) is 8.19. The van der Waals surface area contributed by atoms with Crippen molar-refractivity contribution in [1.29, 1.82) is 0 Å². The molecule has 2 aliphatic heterocycles. The molecule has 14 nitrogen and oxygen atoms in total. The standard InChI is InChI=1S/C45H52N8O6/c1-8-11-27-23-30(34-24-46-40(48-34)35-12-9-20-52(35)42(54)37(25(2)3)50-44(56)58-6)15-17-31(27)28-14-18-32-29(22-28)16-19-33-39(32)49-41(47-33)36-13-10-21-53(36)43(55)38(26(4)5)51-45(57)59-7/h14-19,22-26,35-38H,9-10,12-13,20-21H2,1-7H3,(H,46,48)(H,47,49)(H,50,56)(H,51,57)/t35-,36-,37?,38-/m0/s1. The molecule has 0 bridgehead atoms. The number of aromatic amines is 2. The van der Waals surface area contributed by atoms with E-state index in [0.29, 0.717) is 18.9 Å². The molecule has 1 unspecified atom stereocenters. The van der Waals surface area contributed by atoms with Gasteiger partial charge in [0.25, 0.3) is 0 Å². The Balaban J connectivity index is 1.13. The minimum atomic E-state index is -0.708. The fourth-order valence-electron chi connectivity index (χ4n) is 8.39. The summed E-state index contributed by atoms with van der Waals surface area (Å²) in [6.07, 6.45) is 3.72. The first-order valence-corrected chi connectivity index (χ1v) is 20.3. The number of fused-ring (bicyclic) bond motifs is 3. The van der Waals surface area contributed by atoms with Crippen LogP contribution in [0, 0.1) is 23.7 Å². The Morgan fingerprint density at radius 2 is 1.39 bits per heavy atom. The van der Waals surface area contributed by atoms with Gasteiger partial charge in [-0.3, -0.25) is 9.59 Å². The first kappa shape index (κ1) is 40.8. The van der Waals surface area contributed by atoms with Crippen molar-refractivity contribution < 1.29 is 28.7 Å². The molecule has 4 heterocycles. The third-order valence-corrected chi connectivity index (χ3v) is 11.5. The summed E-state index contributed by atoms with van der Waals surface area (Å²) in [4.78, 5) is 71.9. The van der Waals surface area contributed by atoms with Crippen molar-refractivity contribution in [3.8, 4) is 34.2 Å². The van der Waals surface area contributed by atoms with E-state index in [2.05, 4.69) is 68.8 Å². The highest BCUT2D eigenvalue weighted by molar-refractivity contribution is 6.05. The predicted molar refractivity (Wildman–Crippen MR) is 225 cm³/mol. The number of carbonyl (C=O) groups is 4. The average molecular weight is 801 g/mol. The van der Waals surface area contributed by atoms with Gasteiger partial charge in [0, 0.05) is 29.6 Å². The summed E-state index contributed by atoms with van der Waals surface area (Å²) in [5, 5.41) is 7.42. The van der Waals surface area contributed by atoms with Gasteiger partial charge in [0.05, 0.1) is 49.2 Å². The largest absolute Gasteiger partial charge is 0.453 e. The molecule has 4 N–H and O–H groups in total. The Kier molecular flexibility index (Phi) is 11.9.